The molecule has 0 amide bonds. The van der Waals surface area contributed by atoms with Gasteiger partial charge in [0.15, 0.2) is 11.2 Å². The lowest BCUT2D eigenvalue weighted by atomic mass is 10.1. The van der Waals surface area contributed by atoms with Gasteiger partial charge in [0.2, 0.25) is 5.95 Å². The number of hydrogen-bond donors (Lipinski definition) is 4. The van der Waals surface area contributed by atoms with Gasteiger partial charge in [-0.15, -0.1) is 0 Å². The monoisotopic (exact) mass is 322 g/mol. The number of H-pyrrole nitrogens is 1. The molecule has 0 radical (unpaired) electrons. The molecule has 0 bridgehead atoms. The summed E-state index contributed by atoms with van der Waals surface area (Å²) >= 11 is 0. The molecule has 2 aromatic heterocycles. The van der Waals surface area contributed by atoms with E-state index in [1.165, 1.54) is 13.3 Å². The second-order valence-corrected chi connectivity index (χ2v) is 5.17. The number of rotatable bonds is 5. The van der Waals surface area contributed by atoms with Crippen molar-refractivity contribution in [1.82, 2.24) is 24.8 Å². The lowest BCUT2D eigenvalue weighted by molar-refractivity contribution is 0.0263. The van der Waals surface area contributed by atoms with Crippen molar-refractivity contribution < 1.29 is 15.3 Å². The Morgan fingerprint density at radius 3 is 2.57 bits per heavy atom. The first-order valence-corrected chi connectivity index (χ1v) is 6.82. The van der Waals surface area contributed by atoms with Gasteiger partial charge in [-0.25, -0.2) is 15.0 Å². The molecule has 0 saturated heterocycles. The molecule has 10 heteroatoms. The smallest absolute Gasteiger partial charge is 0.280 e. The normalized spacial score (nSPS) is 14.3. The summed E-state index contributed by atoms with van der Waals surface area (Å²) in [6, 6.07) is 0. The Hall–Kier alpha value is -2.43. The van der Waals surface area contributed by atoms with E-state index in [0.717, 1.165) is 0 Å². The molecule has 0 aliphatic rings. The number of nitrogens with zero attached hydrogens (tertiary/aromatic N) is 5. The number of aliphatic imine (C=N–C) groups is 1. The zero-order valence-corrected chi connectivity index (χ0v) is 12.9. The van der Waals surface area contributed by atoms with Crippen LogP contribution in [0.2, 0.25) is 0 Å². The van der Waals surface area contributed by atoms with Crippen LogP contribution in [0.25, 0.3) is 11.2 Å². The van der Waals surface area contributed by atoms with Crippen LogP contribution < -0.4 is 5.56 Å². The van der Waals surface area contributed by atoms with Crippen LogP contribution in [0.15, 0.2) is 9.79 Å². The second-order valence-electron chi connectivity index (χ2n) is 5.17. The molecule has 0 saturated carbocycles. The largest absolute Gasteiger partial charge is 0.390 e. The number of aliphatic hydroxyl groups excluding tert-OH is 3. The number of aromatic amines is 1. The van der Waals surface area contributed by atoms with Gasteiger partial charge in [0.1, 0.15) is 6.10 Å². The Kier molecular flexibility index (Phi) is 4.98. The number of fused-ring (bicyclic) bond motifs is 1. The molecular formula is C13H18N6O4. The Morgan fingerprint density at radius 2 is 2.00 bits per heavy atom. The highest BCUT2D eigenvalue weighted by Crippen LogP contribution is 2.20. The maximum absolute atomic E-state index is 12.1. The molecule has 0 aliphatic carbocycles. The molecular weight excluding hydrogens is 304 g/mol. The summed E-state index contributed by atoms with van der Waals surface area (Å²) < 4.78 is 0. The van der Waals surface area contributed by atoms with Crippen LogP contribution in [0.4, 0.5) is 5.95 Å². The molecule has 4 N–H and O–H groups in total. The third-order valence-corrected chi connectivity index (χ3v) is 2.93. The van der Waals surface area contributed by atoms with Crippen LogP contribution in [0.3, 0.4) is 0 Å². The first-order chi connectivity index (χ1) is 10.8. The molecule has 0 aromatic carbocycles. The fourth-order valence-corrected chi connectivity index (χ4v) is 1.81. The SMILES string of the molecule is CC(O)C(O)c1nc2c(=O)[nH]c(N=CN(C)C)nc2nc1CO. The molecule has 0 fully saturated rings. The predicted molar refractivity (Wildman–Crippen MR) is 82.4 cm³/mol. The van der Waals surface area contributed by atoms with Crippen molar-refractivity contribution in [1.29, 1.82) is 0 Å². The Balaban J connectivity index is 2.63. The van der Waals surface area contributed by atoms with E-state index < -0.39 is 24.4 Å². The highest BCUT2D eigenvalue weighted by Gasteiger charge is 2.22. The summed E-state index contributed by atoms with van der Waals surface area (Å²) in [5.74, 6) is 0.0400. The average Bonchev–Trinajstić information content (AvgIpc) is 2.50. The molecule has 0 spiro atoms. The average molecular weight is 322 g/mol. The topological polar surface area (TPSA) is 148 Å². The zero-order valence-electron chi connectivity index (χ0n) is 12.9. The van der Waals surface area contributed by atoms with E-state index in [4.69, 9.17) is 0 Å². The van der Waals surface area contributed by atoms with E-state index >= 15 is 0 Å². The molecule has 10 nitrogen and oxygen atoms in total. The highest BCUT2D eigenvalue weighted by molar-refractivity contribution is 5.70. The van der Waals surface area contributed by atoms with Crippen molar-refractivity contribution in [3.8, 4) is 0 Å². The maximum Gasteiger partial charge on any atom is 0.280 e. The number of nitrogens with one attached hydrogen (secondary N) is 1. The highest BCUT2D eigenvalue weighted by atomic mass is 16.3. The molecule has 2 unspecified atom stereocenters. The third-order valence-electron chi connectivity index (χ3n) is 2.93. The van der Waals surface area contributed by atoms with Crippen molar-refractivity contribution in [3.63, 3.8) is 0 Å². The summed E-state index contributed by atoms with van der Waals surface area (Å²) in [5.41, 5.74) is -0.735. The third kappa shape index (κ3) is 3.67. The van der Waals surface area contributed by atoms with Crippen molar-refractivity contribution in [3.05, 3.63) is 21.7 Å². The van der Waals surface area contributed by atoms with E-state index in [-0.39, 0.29) is 28.5 Å². The van der Waals surface area contributed by atoms with Crippen molar-refractivity contribution >= 4 is 23.5 Å². The van der Waals surface area contributed by atoms with Crippen molar-refractivity contribution in [2.45, 2.75) is 25.7 Å². The number of aliphatic hydroxyl groups is 3. The second kappa shape index (κ2) is 6.77. The van der Waals surface area contributed by atoms with Crippen LogP contribution in [-0.2, 0) is 6.61 Å². The van der Waals surface area contributed by atoms with Gasteiger partial charge >= 0.3 is 0 Å². The summed E-state index contributed by atoms with van der Waals surface area (Å²) in [6.45, 7) is 0.839. The van der Waals surface area contributed by atoms with Crippen LogP contribution in [-0.4, -0.2) is 66.7 Å². The Labute approximate surface area is 131 Å². The lowest BCUT2D eigenvalue weighted by Crippen LogP contribution is -2.21. The van der Waals surface area contributed by atoms with Crippen LogP contribution in [0.1, 0.15) is 24.4 Å². The van der Waals surface area contributed by atoms with Gasteiger partial charge in [-0.05, 0) is 6.92 Å². The summed E-state index contributed by atoms with van der Waals surface area (Å²) in [7, 11) is 3.52. The maximum atomic E-state index is 12.1. The quantitative estimate of drug-likeness (QED) is 0.398. The fraction of sp³-hybridized carbons (Fsp3) is 0.462. The minimum absolute atomic E-state index is 0.00903. The molecule has 0 aliphatic heterocycles. The van der Waals surface area contributed by atoms with Crippen LogP contribution in [0.5, 0.6) is 0 Å². The first kappa shape index (κ1) is 16.9. The fourth-order valence-electron chi connectivity index (χ4n) is 1.81. The molecule has 23 heavy (non-hydrogen) atoms. The predicted octanol–water partition coefficient (Wildman–Crippen LogP) is -1.16. The van der Waals surface area contributed by atoms with E-state index in [1.54, 1.807) is 19.0 Å². The van der Waals surface area contributed by atoms with Crippen molar-refractivity contribution in [2.24, 2.45) is 4.99 Å². The van der Waals surface area contributed by atoms with Gasteiger partial charge in [0.25, 0.3) is 5.56 Å². The van der Waals surface area contributed by atoms with Crippen LogP contribution in [0, 0.1) is 0 Å². The Morgan fingerprint density at radius 1 is 1.30 bits per heavy atom. The molecule has 2 atom stereocenters. The number of aromatic nitrogens is 4. The summed E-state index contributed by atoms with van der Waals surface area (Å²) in [5, 5.41) is 28.8. The minimum atomic E-state index is -1.38. The van der Waals surface area contributed by atoms with Gasteiger partial charge in [0.05, 0.1) is 30.4 Å². The van der Waals surface area contributed by atoms with Gasteiger partial charge in [-0.3, -0.25) is 9.78 Å². The van der Waals surface area contributed by atoms with E-state index in [2.05, 4.69) is 24.9 Å². The number of hydrogen-bond acceptors (Lipinski definition) is 8. The van der Waals surface area contributed by atoms with Gasteiger partial charge in [-0.2, -0.15) is 4.98 Å². The minimum Gasteiger partial charge on any atom is -0.390 e. The van der Waals surface area contributed by atoms with Gasteiger partial charge in [0, 0.05) is 14.1 Å². The summed E-state index contributed by atoms with van der Waals surface area (Å²) in [4.78, 5) is 32.3. The first-order valence-electron chi connectivity index (χ1n) is 6.82. The molecule has 2 aromatic rings. The molecule has 2 heterocycles. The van der Waals surface area contributed by atoms with E-state index in [1.807, 2.05) is 0 Å². The van der Waals surface area contributed by atoms with Gasteiger partial charge < -0.3 is 20.2 Å². The van der Waals surface area contributed by atoms with Gasteiger partial charge in [-0.1, -0.05) is 0 Å². The van der Waals surface area contributed by atoms with Crippen molar-refractivity contribution in [2.75, 3.05) is 14.1 Å². The van der Waals surface area contributed by atoms with Crippen LogP contribution >= 0.6 is 0 Å². The van der Waals surface area contributed by atoms with E-state index in [0.29, 0.717) is 0 Å². The van der Waals surface area contributed by atoms with E-state index in [9.17, 15) is 20.1 Å². The Bertz CT molecular complexity index is 786. The summed E-state index contributed by atoms with van der Waals surface area (Å²) in [6.07, 6.45) is -1.06. The molecule has 2 rings (SSSR count). The molecule has 124 valence electrons. The lowest BCUT2D eigenvalue weighted by Gasteiger charge is -2.15. The standard InChI is InChI=1S/C13H18N6O4/c1-6(21)10(22)8-7(4-20)15-11-9(16-8)12(23)18-13(17-11)14-5-19(2)3/h5-6,10,20-22H,4H2,1-3H3,(H,15,17,18,23). The zero-order chi connectivity index (χ0) is 17.1.